The number of Topliss-reactive ketones (excluding diaryl/α,β-unsaturated/α-hetero) is 1. The molecule has 0 bridgehead atoms. The average molecular weight is 340 g/mol. The molecule has 0 atom stereocenters. The molecule has 0 aliphatic carbocycles. The number of nitrogens with zero attached hydrogens (tertiary/aromatic N) is 3. The van der Waals surface area contributed by atoms with Gasteiger partial charge in [0.1, 0.15) is 17.0 Å². The van der Waals surface area contributed by atoms with Gasteiger partial charge in [0.05, 0.1) is 18.6 Å². The second kappa shape index (κ2) is 6.88. The lowest BCUT2D eigenvalue weighted by Gasteiger charge is -2.12. The van der Waals surface area contributed by atoms with Crippen molar-refractivity contribution in [3.8, 4) is 11.4 Å². The maximum absolute atomic E-state index is 12.4. The van der Waals surface area contributed by atoms with Crippen LogP contribution in [0.3, 0.4) is 0 Å². The maximum Gasteiger partial charge on any atom is 0.277 e. The van der Waals surface area contributed by atoms with Gasteiger partial charge in [0.15, 0.2) is 11.3 Å². The van der Waals surface area contributed by atoms with Crippen LogP contribution in [0.25, 0.3) is 16.7 Å². The highest BCUT2D eigenvalue weighted by atomic mass is 16.5. The summed E-state index contributed by atoms with van der Waals surface area (Å²) in [7, 11) is 0. The van der Waals surface area contributed by atoms with Crippen LogP contribution >= 0.6 is 0 Å². The molecule has 7 heteroatoms. The second-order valence-electron chi connectivity index (χ2n) is 5.73. The van der Waals surface area contributed by atoms with Gasteiger partial charge in [-0.3, -0.25) is 9.59 Å². The Hall–Kier alpha value is -2.96. The van der Waals surface area contributed by atoms with Crippen molar-refractivity contribution < 1.29 is 9.53 Å². The number of H-pyrrole nitrogens is 1. The molecule has 2 aromatic heterocycles. The van der Waals surface area contributed by atoms with Crippen LogP contribution in [0.4, 0.5) is 0 Å². The number of ether oxygens (including phenoxy) is 1. The molecule has 0 saturated heterocycles. The van der Waals surface area contributed by atoms with Crippen LogP contribution in [-0.2, 0) is 6.42 Å². The topological polar surface area (TPSA) is 89.9 Å². The first-order valence-electron chi connectivity index (χ1n) is 8.30. The quantitative estimate of drug-likeness (QED) is 0.697. The lowest BCUT2D eigenvalue weighted by Crippen LogP contribution is -2.12. The number of carbonyl (C=O) groups excluding carboxylic acids is 1. The smallest absolute Gasteiger partial charge is 0.277 e. The predicted molar refractivity (Wildman–Crippen MR) is 94.7 cm³/mol. The number of ketones is 1. The zero-order valence-corrected chi connectivity index (χ0v) is 14.5. The molecular formula is C18H20N4O3. The standard InChI is InChI=1S/C18H20N4O3/c1-4-8-25-15-7-6-12(11(3)23)9-14(15)22-17-16(13(5-2)21-22)19-10-20-18(17)24/h6-7,9-10H,4-5,8H2,1-3H3,(H,19,20,24). The van der Waals surface area contributed by atoms with Gasteiger partial charge in [-0.1, -0.05) is 13.8 Å². The van der Waals surface area contributed by atoms with Gasteiger partial charge in [-0.2, -0.15) is 5.10 Å². The van der Waals surface area contributed by atoms with Gasteiger partial charge in [-0.15, -0.1) is 0 Å². The van der Waals surface area contributed by atoms with Crippen LogP contribution in [0.15, 0.2) is 29.3 Å². The fourth-order valence-electron chi connectivity index (χ4n) is 2.67. The molecule has 0 amide bonds. The molecule has 130 valence electrons. The average Bonchev–Trinajstić information content (AvgIpc) is 2.99. The number of hydrogen-bond donors (Lipinski definition) is 1. The van der Waals surface area contributed by atoms with Crippen LogP contribution in [0.2, 0.25) is 0 Å². The number of aryl methyl sites for hydroxylation is 1. The molecule has 7 nitrogen and oxygen atoms in total. The van der Waals surface area contributed by atoms with E-state index in [0.717, 1.165) is 12.1 Å². The number of aromatic nitrogens is 4. The first kappa shape index (κ1) is 16.9. The molecule has 1 aromatic carbocycles. The number of rotatable bonds is 6. The van der Waals surface area contributed by atoms with Gasteiger partial charge >= 0.3 is 0 Å². The van der Waals surface area contributed by atoms with E-state index in [1.165, 1.54) is 17.9 Å². The van der Waals surface area contributed by atoms with Crippen molar-refractivity contribution in [3.63, 3.8) is 0 Å². The van der Waals surface area contributed by atoms with E-state index in [1.54, 1.807) is 18.2 Å². The third kappa shape index (κ3) is 3.05. The van der Waals surface area contributed by atoms with Crippen LogP contribution in [0, 0.1) is 0 Å². The number of aromatic amines is 1. The Morgan fingerprint density at radius 2 is 2.12 bits per heavy atom. The normalized spacial score (nSPS) is 11.0. The number of nitrogens with one attached hydrogen (secondary N) is 1. The van der Waals surface area contributed by atoms with Crippen molar-refractivity contribution in [2.75, 3.05) is 6.61 Å². The number of hydrogen-bond acceptors (Lipinski definition) is 5. The van der Waals surface area contributed by atoms with Gasteiger partial charge < -0.3 is 9.72 Å². The van der Waals surface area contributed by atoms with Crippen molar-refractivity contribution in [2.45, 2.75) is 33.6 Å². The SMILES string of the molecule is CCCOc1ccc(C(C)=O)cc1-n1nc(CC)c2nc[nH]c(=O)c21. The molecule has 0 radical (unpaired) electrons. The van der Waals surface area contributed by atoms with Gasteiger partial charge in [0.25, 0.3) is 5.56 Å². The Morgan fingerprint density at radius 3 is 2.80 bits per heavy atom. The zero-order valence-electron chi connectivity index (χ0n) is 14.5. The minimum Gasteiger partial charge on any atom is -0.491 e. The molecular weight excluding hydrogens is 320 g/mol. The first-order chi connectivity index (χ1) is 12.1. The number of benzene rings is 1. The number of carbonyl (C=O) groups is 1. The molecule has 25 heavy (non-hydrogen) atoms. The summed E-state index contributed by atoms with van der Waals surface area (Å²) in [6, 6.07) is 5.16. The summed E-state index contributed by atoms with van der Waals surface area (Å²) >= 11 is 0. The van der Waals surface area contributed by atoms with Crippen molar-refractivity contribution in [2.24, 2.45) is 0 Å². The maximum atomic E-state index is 12.4. The van der Waals surface area contributed by atoms with E-state index in [9.17, 15) is 9.59 Å². The van der Waals surface area contributed by atoms with E-state index in [1.807, 2.05) is 13.8 Å². The van der Waals surface area contributed by atoms with E-state index < -0.39 is 0 Å². The van der Waals surface area contributed by atoms with E-state index in [0.29, 0.717) is 41.1 Å². The summed E-state index contributed by atoms with van der Waals surface area (Å²) in [4.78, 5) is 31.0. The predicted octanol–water partition coefficient (Wildman–Crippen LogP) is 2.66. The monoisotopic (exact) mass is 340 g/mol. The van der Waals surface area contributed by atoms with Crippen molar-refractivity contribution in [1.29, 1.82) is 0 Å². The summed E-state index contributed by atoms with van der Waals surface area (Å²) < 4.78 is 7.33. The highest BCUT2D eigenvalue weighted by Crippen LogP contribution is 2.27. The molecule has 0 saturated carbocycles. The third-order valence-electron chi connectivity index (χ3n) is 3.92. The van der Waals surface area contributed by atoms with E-state index in [4.69, 9.17) is 4.74 Å². The number of fused-ring (bicyclic) bond motifs is 1. The van der Waals surface area contributed by atoms with Gasteiger partial charge in [0.2, 0.25) is 0 Å². The van der Waals surface area contributed by atoms with Crippen LogP contribution in [-0.4, -0.2) is 32.1 Å². The Balaban J connectivity index is 2.31. The Morgan fingerprint density at radius 1 is 1.32 bits per heavy atom. The fraction of sp³-hybridized carbons (Fsp3) is 0.333. The zero-order chi connectivity index (χ0) is 18.0. The summed E-state index contributed by atoms with van der Waals surface area (Å²) in [6.07, 6.45) is 2.85. The second-order valence-corrected chi connectivity index (χ2v) is 5.73. The summed E-state index contributed by atoms with van der Waals surface area (Å²) in [5.41, 5.74) is 2.43. The summed E-state index contributed by atoms with van der Waals surface area (Å²) in [6.45, 7) is 5.99. The highest BCUT2D eigenvalue weighted by molar-refractivity contribution is 5.95. The third-order valence-corrected chi connectivity index (χ3v) is 3.92. The highest BCUT2D eigenvalue weighted by Gasteiger charge is 2.19. The molecule has 3 aromatic rings. The van der Waals surface area contributed by atoms with Crippen molar-refractivity contribution in [1.82, 2.24) is 19.7 Å². The lowest BCUT2D eigenvalue weighted by molar-refractivity contribution is 0.101. The summed E-state index contributed by atoms with van der Waals surface area (Å²) in [5, 5.41) is 4.55. The summed E-state index contributed by atoms with van der Waals surface area (Å²) in [5.74, 6) is 0.504. The van der Waals surface area contributed by atoms with Gasteiger partial charge in [-0.05, 0) is 38.0 Å². The molecule has 0 spiro atoms. The molecule has 3 rings (SSSR count). The Kier molecular flexibility index (Phi) is 4.65. The Labute approximate surface area is 144 Å². The lowest BCUT2D eigenvalue weighted by atomic mass is 10.1. The Bertz CT molecular complexity index is 988. The van der Waals surface area contributed by atoms with Gasteiger partial charge in [-0.25, -0.2) is 9.67 Å². The minimum absolute atomic E-state index is 0.0671. The molecule has 0 unspecified atom stereocenters. The molecule has 0 aliphatic rings. The van der Waals surface area contributed by atoms with E-state index in [-0.39, 0.29) is 11.3 Å². The molecule has 2 heterocycles. The first-order valence-corrected chi connectivity index (χ1v) is 8.30. The van der Waals surface area contributed by atoms with Crippen LogP contribution < -0.4 is 10.3 Å². The van der Waals surface area contributed by atoms with E-state index >= 15 is 0 Å². The van der Waals surface area contributed by atoms with Crippen LogP contribution in [0.5, 0.6) is 5.75 Å². The fourth-order valence-corrected chi connectivity index (χ4v) is 2.67. The molecule has 1 N–H and O–H groups in total. The van der Waals surface area contributed by atoms with Crippen molar-refractivity contribution >= 4 is 16.8 Å². The minimum atomic E-state index is -0.285. The molecule has 0 fully saturated rings. The van der Waals surface area contributed by atoms with Crippen molar-refractivity contribution in [3.05, 3.63) is 46.1 Å². The van der Waals surface area contributed by atoms with Crippen LogP contribution in [0.1, 0.15) is 43.2 Å². The van der Waals surface area contributed by atoms with Gasteiger partial charge in [0, 0.05) is 5.56 Å². The van der Waals surface area contributed by atoms with E-state index in [2.05, 4.69) is 15.1 Å². The molecule has 0 aliphatic heterocycles. The largest absolute Gasteiger partial charge is 0.491 e.